The van der Waals surface area contributed by atoms with Crippen molar-refractivity contribution in [2.45, 2.75) is 57.1 Å². The Bertz CT molecular complexity index is 1120. The number of carbonyl (C=O) groups excluding carboxylic acids is 2. The van der Waals surface area contributed by atoms with E-state index in [4.69, 9.17) is 9.47 Å². The molecule has 0 atom stereocenters. The number of nitrogens with one attached hydrogen (secondary N) is 1. The van der Waals surface area contributed by atoms with Gasteiger partial charge in [-0.3, -0.25) is 14.3 Å². The normalized spacial score (nSPS) is 13.2. The molecule has 196 valence electrons. The first-order valence-corrected chi connectivity index (χ1v) is 13.9. The van der Waals surface area contributed by atoms with Crippen molar-refractivity contribution in [3.05, 3.63) is 59.2 Å². The van der Waals surface area contributed by atoms with Crippen LogP contribution in [0.25, 0.3) is 0 Å². The van der Waals surface area contributed by atoms with Crippen molar-refractivity contribution in [2.24, 2.45) is 0 Å². The van der Waals surface area contributed by atoms with Crippen molar-refractivity contribution >= 4 is 21.8 Å². The van der Waals surface area contributed by atoms with Gasteiger partial charge in [0.25, 0.3) is 5.91 Å². The maximum Gasteiger partial charge on any atom is 0.254 e. The lowest BCUT2D eigenvalue weighted by Crippen LogP contribution is -2.34. The molecule has 0 radical (unpaired) electrons. The number of nitrogens with zero attached hydrogens (tertiary/aromatic N) is 1. The van der Waals surface area contributed by atoms with Gasteiger partial charge in [0.2, 0.25) is 15.9 Å². The van der Waals surface area contributed by atoms with E-state index < -0.39 is 21.2 Å². The van der Waals surface area contributed by atoms with Gasteiger partial charge < -0.3 is 14.4 Å². The number of benzene rings is 2. The van der Waals surface area contributed by atoms with Crippen LogP contribution in [0, 0.1) is 6.92 Å². The third-order valence-electron chi connectivity index (χ3n) is 6.32. The van der Waals surface area contributed by atoms with E-state index in [9.17, 15) is 18.0 Å². The average Bonchev–Trinajstić information content (AvgIpc) is 3.72. The Labute approximate surface area is 214 Å². The Kier molecular flexibility index (Phi) is 9.75. The van der Waals surface area contributed by atoms with Crippen LogP contribution in [0.5, 0.6) is 11.5 Å². The molecule has 0 aliphatic heterocycles. The fraction of sp³-hybridized carbons (Fsp3) is 0.481. The quantitative estimate of drug-likeness (QED) is 0.383. The average molecular weight is 517 g/mol. The first kappa shape index (κ1) is 27.5. The van der Waals surface area contributed by atoms with Crippen molar-refractivity contribution in [1.29, 1.82) is 0 Å². The van der Waals surface area contributed by atoms with Crippen LogP contribution < -0.4 is 14.2 Å². The van der Waals surface area contributed by atoms with Crippen LogP contribution >= 0.6 is 0 Å². The predicted molar refractivity (Wildman–Crippen MR) is 139 cm³/mol. The maximum absolute atomic E-state index is 13.5. The molecular formula is C27H36N2O6S. The second-order valence-corrected chi connectivity index (χ2v) is 11.1. The lowest BCUT2D eigenvalue weighted by molar-refractivity contribution is -0.119. The first-order chi connectivity index (χ1) is 17.2. The van der Waals surface area contributed by atoms with Gasteiger partial charge in [-0.15, -0.1) is 0 Å². The van der Waals surface area contributed by atoms with Gasteiger partial charge in [0.15, 0.2) is 0 Å². The summed E-state index contributed by atoms with van der Waals surface area (Å²) < 4.78 is 36.9. The predicted octanol–water partition coefficient (Wildman–Crippen LogP) is 3.87. The Morgan fingerprint density at radius 1 is 0.972 bits per heavy atom. The standard InChI is InChI=1S/C27H36N2O6S/c1-20-24(34-2)18-22(19-25(20)35-3)27(31)29(17-9-12-21-10-5-4-6-11-21)16-8-7-13-26(30)28-36(32,33)23-14-15-23/h4-6,10-11,18-19,23H,7-9,12-17H2,1-3H3,(H,28,30). The van der Waals surface area contributed by atoms with Crippen LogP contribution in [0.4, 0.5) is 0 Å². The summed E-state index contributed by atoms with van der Waals surface area (Å²) in [6.07, 6.45) is 4.00. The van der Waals surface area contributed by atoms with Gasteiger partial charge in [0.05, 0.1) is 19.5 Å². The smallest absolute Gasteiger partial charge is 0.254 e. The van der Waals surface area contributed by atoms with E-state index >= 15 is 0 Å². The summed E-state index contributed by atoms with van der Waals surface area (Å²) in [7, 11) is -0.417. The van der Waals surface area contributed by atoms with Crippen LogP contribution in [0.1, 0.15) is 60.0 Å². The Balaban J connectivity index is 1.63. The highest BCUT2D eigenvalue weighted by atomic mass is 32.2. The molecule has 0 heterocycles. The minimum absolute atomic E-state index is 0.101. The van der Waals surface area contributed by atoms with E-state index in [-0.39, 0.29) is 12.3 Å². The highest BCUT2D eigenvalue weighted by Gasteiger charge is 2.36. The van der Waals surface area contributed by atoms with Crippen LogP contribution in [0.3, 0.4) is 0 Å². The zero-order chi connectivity index (χ0) is 26.1. The molecule has 3 rings (SSSR count). The molecule has 0 bridgehead atoms. The van der Waals surface area contributed by atoms with Gasteiger partial charge in [-0.1, -0.05) is 30.3 Å². The van der Waals surface area contributed by atoms with Crippen molar-refractivity contribution in [3.63, 3.8) is 0 Å². The summed E-state index contributed by atoms with van der Waals surface area (Å²) in [5.41, 5.74) is 2.50. The van der Waals surface area contributed by atoms with Crippen molar-refractivity contribution in [2.75, 3.05) is 27.3 Å². The molecule has 1 fully saturated rings. The van der Waals surface area contributed by atoms with Gasteiger partial charge in [-0.05, 0) is 63.1 Å². The molecule has 0 saturated heterocycles. The zero-order valence-corrected chi connectivity index (χ0v) is 22.1. The molecule has 1 aliphatic rings. The van der Waals surface area contributed by atoms with Gasteiger partial charge in [-0.2, -0.15) is 0 Å². The molecular weight excluding hydrogens is 480 g/mol. The summed E-state index contributed by atoms with van der Waals surface area (Å²) >= 11 is 0. The molecule has 0 aromatic heterocycles. The highest BCUT2D eigenvalue weighted by Crippen LogP contribution is 2.30. The van der Waals surface area contributed by atoms with Gasteiger partial charge in [0.1, 0.15) is 11.5 Å². The van der Waals surface area contributed by atoms with Crippen molar-refractivity contribution in [3.8, 4) is 11.5 Å². The summed E-state index contributed by atoms with van der Waals surface area (Å²) in [6.45, 7) is 2.88. The minimum atomic E-state index is -3.53. The number of ether oxygens (including phenoxy) is 2. The second-order valence-electron chi connectivity index (χ2n) is 9.11. The molecule has 1 aliphatic carbocycles. The summed E-state index contributed by atoms with van der Waals surface area (Å²) in [5, 5.41) is -0.428. The highest BCUT2D eigenvalue weighted by molar-refractivity contribution is 7.90. The molecule has 8 nitrogen and oxygen atoms in total. The third-order valence-corrected chi connectivity index (χ3v) is 8.19. The van der Waals surface area contributed by atoms with Crippen LogP contribution in [0.15, 0.2) is 42.5 Å². The number of unbranched alkanes of at least 4 members (excludes halogenated alkanes) is 1. The largest absolute Gasteiger partial charge is 0.496 e. The molecule has 0 unspecified atom stereocenters. The summed E-state index contributed by atoms with van der Waals surface area (Å²) in [5.74, 6) is 0.531. The number of aryl methyl sites for hydroxylation is 1. The minimum Gasteiger partial charge on any atom is -0.496 e. The Morgan fingerprint density at radius 3 is 2.17 bits per heavy atom. The number of sulfonamides is 1. The first-order valence-electron chi connectivity index (χ1n) is 12.4. The molecule has 1 saturated carbocycles. The van der Waals surface area contributed by atoms with E-state index in [1.807, 2.05) is 25.1 Å². The molecule has 9 heteroatoms. The van der Waals surface area contributed by atoms with Crippen molar-refractivity contribution in [1.82, 2.24) is 9.62 Å². The summed E-state index contributed by atoms with van der Waals surface area (Å²) in [6, 6.07) is 13.5. The van der Waals surface area contributed by atoms with E-state index in [1.54, 1.807) is 31.3 Å². The molecule has 2 aromatic rings. The van der Waals surface area contributed by atoms with Crippen LogP contribution in [-0.4, -0.2) is 57.7 Å². The van der Waals surface area contributed by atoms with Gasteiger partial charge in [0, 0.05) is 30.6 Å². The van der Waals surface area contributed by atoms with E-state index in [2.05, 4.69) is 16.9 Å². The van der Waals surface area contributed by atoms with E-state index in [0.29, 0.717) is 55.8 Å². The van der Waals surface area contributed by atoms with Crippen LogP contribution in [0.2, 0.25) is 0 Å². The fourth-order valence-corrected chi connectivity index (χ4v) is 5.43. The second kappa shape index (κ2) is 12.8. The Morgan fingerprint density at radius 2 is 1.58 bits per heavy atom. The van der Waals surface area contributed by atoms with E-state index in [0.717, 1.165) is 18.4 Å². The van der Waals surface area contributed by atoms with Crippen LogP contribution in [-0.2, 0) is 21.2 Å². The Hall–Kier alpha value is -3.07. The van der Waals surface area contributed by atoms with E-state index in [1.165, 1.54) is 5.56 Å². The third kappa shape index (κ3) is 7.71. The zero-order valence-electron chi connectivity index (χ0n) is 21.3. The molecule has 2 amide bonds. The number of methoxy groups -OCH3 is 2. The van der Waals surface area contributed by atoms with Crippen molar-refractivity contribution < 1.29 is 27.5 Å². The molecule has 0 spiro atoms. The summed E-state index contributed by atoms with van der Waals surface area (Å²) in [4.78, 5) is 27.4. The number of rotatable bonds is 14. The maximum atomic E-state index is 13.5. The number of hydrogen-bond donors (Lipinski definition) is 1. The topological polar surface area (TPSA) is 102 Å². The SMILES string of the molecule is COc1cc(C(=O)N(CCCCC(=O)NS(=O)(=O)C2CC2)CCCc2ccccc2)cc(OC)c1C. The number of hydrogen-bond acceptors (Lipinski definition) is 6. The van der Waals surface area contributed by atoms with Gasteiger partial charge in [-0.25, -0.2) is 8.42 Å². The lowest BCUT2D eigenvalue weighted by atomic mass is 10.1. The molecule has 2 aromatic carbocycles. The molecule has 1 N–H and O–H groups in total. The molecule has 36 heavy (non-hydrogen) atoms. The fourth-order valence-electron chi connectivity index (χ4n) is 4.09. The number of carbonyl (C=O) groups is 2. The lowest BCUT2D eigenvalue weighted by Gasteiger charge is -2.24. The monoisotopic (exact) mass is 516 g/mol. The van der Waals surface area contributed by atoms with Gasteiger partial charge >= 0.3 is 0 Å². The number of amides is 2.